The minimum absolute atomic E-state index is 0.190. The van der Waals surface area contributed by atoms with E-state index in [9.17, 15) is 4.79 Å². The van der Waals surface area contributed by atoms with Crippen molar-refractivity contribution in [2.45, 2.75) is 18.9 Å². The molecule has 0 aliphatic heterocycles. The summed E-state index contributed by atoms with van der Waals surface area (Å²) in [6, 6.07) is 8.65. The molecule has 0 spiro atoms. The Morgan fingerprint density at radius 1 is 1.19 bits per heavy atom. The summed E-state index contributed by atoms with van der Waals surface area (Å²) in [5.74, 6) is -0.00536. The first-order valence-corrected chi connectivity index (χ1v) is 10.1. The molecule has 0 radical (unpaired) electrons. The van der Waals surface area contributed by atoms with Gasteiger partial charge in [-0.15, -0.1) is 21.5 Å². The molecule has 5 nitrogen and oxygen atoms in total. The van der Waals surface area contributed by atoms with E-state index >= 15 is 0 Å². The fraction of sp³-hybridized carbons (Fsp3) is 0.176. The Bertz CT molecular complexity index is 944. The van der Waals surface area contributed by atoms with Gasteiger partial charge in [-0.1, -0.05) is 35.0 Å². The van der Waals surface area contributed by atoms with Gasteiger partial charge in [0, 0.05) is 5.02 Å². The van der Waals surface area contributed by atoms with E-state index in [4.69, 9.17) is 23.2 Å². The van der Waals surface area contributed by atoms with Crippen molar-refractivity contribution in [2.75, 3.05) is 11.1 Å². The van der Waals surface area contributed by atoms with Crippen LogP contribution in [0.3, 0.4) is 0 Å². The highest BCUT2D eigenvalue weighted by Crippen LogP contribution is 2.29. The average Bonchev–Trinajstić information content (AvgIpc) is 2.95. The predicted octanol–water partition coefficient (Wildman–Crippen LogP) is 5.25. The molecule has 0 saturated carbocycles. The van der Waals surface area contributed by atoms with Crippen molar-refractivity contribution in [1.29, 1.82) is 0 Å². The first-order chi connectivity index (χ1) is 12.4. The number of thiazole rings is 1. The summed E-state index contributed by atoms with van der Waals surface area (Å²) in [4.78, 5) is 17.5. The summed E-state index contributed by atoms with van der Waals surface area (Å²) < 4.78 is 0. The number of rotatable bonds is 5. The normalized spacial score (nSPS) is 10.8. The van der Waals surface area contributed by atoms with E-state index in [1.165, 1.54) is 11.8 Å². The lowest BCUT2D eigenvalue weighted by Gasteiger charge is -2.07. The molecule has 0 aliphatic carbocycles. The van der Waals surface area contributed by atoms with Gasteiger partial charge in [0.15, 0.2) is 0 Å². The molecule has 3 rings (SSSR count). The third kappa shape index (κ3) is 4.73. The van der Waals surface area contributed by atoms with Crippen molar-refractivity contribution in [2.24, 2.45) is 0 Å². The minimum Gasteiger partial charge on any atom is -0.324 e. The van der Waals surface area contributed by atoms with Crippen molar-refractivity contribution < 1.29 is 4.79 Å². The number of hydrogen-bond donors (Lipinski definition) is 1. The van der Waals surface area contributed by atoms with Gasteiger partial charge < -0.3 is 5.32 Å². The molecule has 1 aromatic carbocycles. The standard InChI is InChI=1S/C17H14Cl2N4OS2/c1-9-17(26-10(2)20-9)13-5-6-16(23-22-13)25-8-15(24)21-14-7-11(18)3-4-12(14)19/h3-7H,8H2,1-2H3,(H,21,24). The van der Waals surface area contributed by atoms with Crippen LogP contribution in [-0.4, -0.2) is 26.8 Å². The van der Waals surface area contributed by atoms with Crippen LogP contribution in [0, 0.1) is 13.8 Å². The number of aryl methyl sites for hydroxylation is 2. The zero-order valence-electron chi connectivity index (χ0n) is 13.9. The van der Waals surface area contributed by atoms with Crippen LogP contribution in [-0.2, 0) is 4.79 Å². The Morgan fingerprint density at radius 2 is 2.00 bits per heavy atom. The minimum atomic E-state index is -0.195. The lowest BCUT2D eigenvalue weighted by atomic mass is 10.3. The number of amides is 1. The van der Waals surface area contributed by atoms with E-state index in [-0.39, 0.29) is 11.7 Å². The van der Waals surface area contributed by atoms with Gasteiger partial charge in [0.1, 0.15) is 10.7 Å². The van der Waals surface area contributed by atoms with Crippen LogP contribution in [0.5, 0.6) is 0 Å². The summed E-state index contributed by atoms with van der Waals surface area (Å²) in [6.07, 6.45) is 0. The average molecular weight is 425 g/mol. The maximum absolute atomic E-state index is 12.1. The van der Waals surface area contributed by atoms with Crippen molar-refractivity contribution >= 4 is 57.9 Å². The number of benzene rings is 1. The molecule has 0 fully saturated rings. The molecule has 0 unspecified atom stereocenters. The Labute approximate surface area is 169 Å². The number of carbonyl (C=O) groups excluding carboxylic acids is 1. The molecule has 26 heavy (non-hydrogen) atoms. The van der Waals surface area contributed by atoms with E-state index in [2.05, 4.69) is 20.5 Å². The molecule has 0 atom stereocenters. The summed E-state index contributed by atoms with van der Waals surface area (Å²) >= 11 is 14.8. The summed E-state index contributed by atoms with van der Waals surface area (Å²) in [6.45, 7) is 3.91. The highest BCUT2D eigenvalue weighted by Gasteiger charge is 2.11. The molecule has 0 bridgehead atoms. The van der Waals surface area contributed by atoms with Crippen LogP contribution in [0.4, 0.5) is 5.69 Å². The van der Waals surface area contributed by atoms with E-state index in [0.717, 1.165) is 21.3 Å². The van der Waals surface area contributed by atoms with Crippen LogP contribution < -0.4 is 5.32 Å². The van der Waals surface area contributed by atoms with Gasteiger partial charge in [0.05, 0.1) is 32.0 Å². The van der Waals surface area contributed by atoms with Crippen LogP contribution in [0.25, 0.3) is 10.6 Å². The summed E-state index contributed by atoms with van der Waals surface area (Å²) in [7, 11) is 0. The monoisotopic (exact) mass is 424 g/mol. The molecule has 134 valence electrons. The molecule has 3 aromatic rings. The first kappa shape index (κ1) is 19.1. The Kier molecular flexibility index (Phi) is 6.13. The largest absolute Gasteiger partial charge is 0.324 e. The number of hydrogen-bond acceptors (Lipinski definition) is 6. The lowest BCUT2D eigenvalue weighted by Crippen LogP contribution is -2.14. The maximum atomic E-state index is 12.1. The molecule has 2 aromatic heterocycles. The number of aromatic nitrogens is 3. The fourth-order valence-corrected chi connectivity index (χ4v) is 4.04. The van der Waals surface area contributed by atoms with Crippen molar-refractivity contribution in [3.8, 4) is 10.6 Å². The summed E-state index contributed by atoms with van der Waals surface area (Å²) in [5, 5.41) is 13.8. The SMILES string of the molecule is Cc1nc(C)c(-c2ccc(SCC(=O)Nc3cc(Cl)ccc3Cl)nn2)s1. The highest BCUT2D eigenvalue weighted by atomic mass is 35.5. The zero-order chi connectivity index (χ0) is 18.7. The van der Waals surface area contributed by atoms with Crippen LogP contribution in [0.15, 0.2) is 35.4 Å². The van der Waals surface area contributed by atoms with Gasteiger partial charge >= 0.3 is 0 Å². The Hall–Kier alpha value is -1.67. The van der Waals surface area contributed by atoms with Gasteiger partial charge in [0.2, 0.25) is 5.91 Å². The predicted molar refractivity (Wildman–Crippen MR) is 108 cm³/mol. The van der Waals surface area contributed by atoms with Crippen LogP contribution in [0.1, 0.15) is 10.7 Å². The first-order valence-electron chi connectivity index (χ1n) is 7.58. The third-order valence-corrected chi connectivity index (χ3v) is 5.91. The number of nitrogens with zero attached hydrogens (tertiary/aromatic N) is 3. The molecular weight excluding hydrogens is 411 g/mol. The molecule has 0 saturated heterocycles. The lowest BCUT2D eigenvalue weighted by molar-refractivity contribution is -0.113. The quantitative estimate of drug-likeness (QED) is 0.565. The molecule has 2 heterocycles. The van der Waals surface area contributed by atoms with Gasteiger partial charge in [-0.2, -0.15) is 0 Å². The Balaban J connectivity index is 1.60. The van der Waals surface area contributed by atoms with Gasteiger partial charge in [-0.05, 0) is 44.2 Å². The number of anilines is 1. The highest BCUT2D eigenvalue weighted by molar-refractivity contribution is 7.99. The smallest absolute Gasteiger partial charge is 0.234 e. The van der Waals surface area contributed by atoms with Crippen LogP contribution >= 0.6 is 46.3 Å². The number of halogens is 2. The fourth-order valence-electron chi connectivity index (χ4n) is 2.21. The maximum Gasteiger partial charge on any atom is 0.234 e. The van der Waals surface area contributed by atoms with E-state index in [1.807, 2.05) is 26.0 Å². The molecule has 1 N–H and O–H groups in total. The molecular formula is C17H14Cl2N4OS2. The molecule has 9 heteroatoms. The van der Waals surface area contributed by atoms with E-state index in [1.54, 1.807) is 29.5 Å². The van der Waals surface area contributed by atoms with Crippen molar-refractivity contribution in [3.63, 3.8) is 0 Å². The van der Waals surface area contributed by atoms with Crippen molar-refractivity contribution in [1.82, 2.24) is 15.2 Å². The second kappa shape index (κ2) is 8.35. The summed E-state index contributed by atoms with van der Waals surface area (Å²) in [5.41, 5.74) is 2.22. The third-order valence-electron chi connectivity index (χ3n) is 3.33. The van der Waals surface area contributed by atoms with Gasteiger partial charge in [-0.3, -0.25) is 4.79 Å². The second-order valence-electron chi connectivity index (χ2n) is 5.37. The second-order valence-corrected chi connectivity index (χ2v) is 8.41. The van der Waals surface area contributed by atoms with Crippen molar-refractivity contribution in [3.05, 3.63) is 51.1 Å². The zero-order valence-corrected chi connectivity index (χ0v) is 17.1. The van der Waals surface area contributed by atoms with Crippen LogP contribution in [0.2, 0.25) is 10.0 Å². The van der Waals surface area contributed by atoms with Gasteiger partial charge in [-0.25, -0.2) is 4.98 Å². The van der Waals surface area contributed by atoms with Gasteiger partial charge in [0.25, 0.3) is 0 Å². The number of thioether (sulfide) groups is 1. The topological polar surface area (TPSA) is 67.8 Å². The molecule has 1 amide bonds. The molecule has 0 aliphatic rings. The van der Waals surface area contributed by atoms with E-state index < -0.39 is 0 Å². The van der Waals surface area contributed by atoms with E-state index in [0.29, 0.717) is 20.8 Å². The number of nitrogens with one attached hydrogen (secondary N) is 1. The number of carbonyl (C=O) groups is 1. The Morgan fingerprint density at radius 3 is 2.65 bits per heavy atom.